The van der Waals surface area contributed by atoms with Gasteiger partial charge in [0, 0.05) is 25.7 Å². The number of rotatable bonds is 82. The second kappa shape index (κ2) is 74.2. The number of esters is 4. The predicted molar refractivity (Wildman–Crippen MR) is 423 cm³/mol. The summed E-state index contributed by atoms with van der Waals surface area (Å²) in [5.41, 5.74) is 0. The van der Waals surface area contributed by atoms with Gasteiger partial charge in [-0.05, 0) is 43.4 Å². The molecule has 0 spiro atoms. The van der Waals surface area contributed by atoms with Crippen LogP contribution in [0, 0.1) is 17.8 Å². The first-order valence-corrected chi connectivity index (χ1v) is 46.4. The molecule has 17 nitrogen and oxygen atoms in total. The van der Waals surface area contributed by atoms with Crippen LogP contribution in [0.25, 0.3) is 0 Å². The Bertz CT molecular complexity index is 1990. The second-order valence-corrected chi connectivity index (χ2v) is 34.3. The molecule has 0 aromatic carbocycles. The van der Waals surface area contributed by atoms with E-state index < -0.39 is 97.5 Å². The van der Waals surface area contributed by atoms with Crippen molar-refractivity contribution in [1.82, 2.24) is 0 Å². The minimum atomic E-state index is -4.96. The molecule has 612 valence electrons. The highest BCUT2D eigenvalue weighted by molar-refractivity contribution is 7.47. The summed E-state index contributed by atoms with van der Waals surface area (Å²) in [6.45, 7) is 12.0. The first kappa shape index (κ1) is 101. The quantitative estimate of drug-likeness (QED) is 0.0222. The number of phosphoric ester groups is 2. The number of phosphoric acid groups is 2. The minimum absolute atomic E-state index is 0.107. The number of ether oxygens (including phenoxy) is 4. The van der Waals surface area contributed by atoms with E-state index in [9.17, 15) is 43.2 Å². The Morgan fingerprint density at radius 3 is 0.738 bits per heavy atom. The van der Waals surface area contributed by atoms with E-state index in [4.69, 9.17) is 37.0 Å². The van der Waals surface area contributed by atoms with Gasteiger partial charge in [0.1, 0.15) is 19.3 Å². The Morgan fingerprint density at radius 2 is 0.495 bits per heavy atom. The maximum atomic E-state index is 13.1. The Morgan fingerprint density at radius 1 is 0.282 bits per heavy atom. The van der Waals surface area contributed by atoms with Gasteiger partial charge in [-0.2, -0.15) is 0 Å². The zero-order chi connectivity index (χ0) is 75.8. The molecule has 3 unspecified atom stereocenters. The highest BCUT2D eigenvalue weighted by atomic mass is 31.2. The van der Waals surface area contributed by atoms with Gasteiger partial charge in [-0.25, -0.2) is 9.13 Å². The molecule has 19 heteroatoms. The summed E-state index contributed by atoms with van der Waals surface area (Å²) in [5.74, 6) is 0.290. The molecule has 103 heavy (non-hydrogen) atoms. The molecule has 0 fully saturated rings. The monoisotopic (exact) mass is 1510 g/mol. The molecule has 0 heterocycles. The number of carbonyl (C=O) groups excluding carboxylic acids is 4. The van der Waals surface area contributed by atoms with Crippen LogP contribution >= 0.6 is 15.6 Å². The number of unbranched alkanes of at least 4 members (excludes halogenated alkanes) is 49. The molecule has 0 saturated carbocycles. The highest BCUT2D eigenvalue weighted by Crippen LogP contribution is 2.45. The molecular weight excluding hydrogens is 1340 g/mol. The van der Waals surface area contributed by atoms with Gasteiger partial charge < -0.3 is 33.8 Å². The van der Waals surface area contributed by atoms with Crippen LogP contribution in [0.3, 0.4) is 0 Å². The first-order chi connectivity index (χ1) is 49.8. The zero-order valence-corrected chi connectivity index (χ0v) is 69.6. The molecule has 0 aromatic heterocycles. The van der Waals surface area contributed by atoms with Crippen molar-refractivity contribution in [3.05, 3.63) is 0 Å². The molecule has 0 amide bonds. The van der Waals surface area contributed by atoms with Crippen LogP contribution in [-0.4, -0.2) is 96.7 Å². The number of carbonyl (C=O) groups is 4. The number of hydrogen-bond donors (Lipinski definition) is 3. The van der Waals surface area contributed by atoms with Gasteiger partial charge in [0.25, 0.3) is 0 Å². The SMILES string of the molecule is CCCCCCCCCCCCCCCC(=O)O[C@H](COC(=O)CCCCCCCCCCC(C)C)COP(=O)(O)OC[C@H](O)COP(=O)(O)OC[C@@H](COC(=O)CCCCCCCCCCCCCCCCC(C)C)OC(=O)CCCCCCCCCCCCCCCCCCCCC(C)CC. The van der Waals surface area contributed by atoms with E-state index in [1.807, 2.05) is 0 Å². The van der Waals surface area contributed by atoms with Crippen LogP contribution < -0.4 is 0 Å². The van der Waals surface area contributed by atoms with Crippen molar-refractivity contribution in [2.24, 2.45) is 17.8 Å². The maximum Gasteiger partial charge on any atom is 0.472 e. The van der Waals surface area contributed by atoms with Gasteiger partial charge >= 0.3 is 39.5 Å². The molecule has 0 aliphatic rings. The van der Waals surface area contributed by atoms with Crippen LogP contribution in [0.4, 0.5) is 0 Å². The highest BCUT2D eigenvalue weighted by Gasteiger charge is 2.30. The average Bonchev–Trinajstić information content (AvgIpc) is 0.924. The molecule has 3 N–H and O–H groups in total. The van der Waals surface area contributed by atoms with E-state index in [-0.39, 0.29) is 25.7 Å². The fourth-order valence-corrected chi connectivity index (χ4v) is 14.6. The van der Waals surface area contributed by atoms with E-state index >= 15 is 0 Å². The smallest absolute Gasteiger partial charge is 0.462 e. The van der Waals surface area contributed by atoms with E-state index in [0.717, 1.165) is 108 Å². The van der Waals surface area contributed by atoms with Gasteiger partial charge in [-0.1, -0.05) is 389 Å². The van der Waals surface area contributed by atoms with Crippen molar-refractivity contribution in [1.29, 1.82) is 0 Å². The minimum Gasteiger partial charge on any atom is -0.462 e. The van der Waals surface area contributed by atoms with Gasteiger partial charge in [0.2, 0.25) is 0 Å². The van der Waals surface area contributed by atoms with Gasteiger partial charge in [0.15, 0.2) is 12.2 Å². The van der Waals surface area contributed by atoms with Gasteiger partial charge in [0.05, 0.1) is 26.4 Å². The van der Waals surface area contributed by atoms with E-state index in [1.165, 1.54) is 250 Å². The fraction of sp³-hybridized carbons (Fsp3) is 0.952. The molecule has 0 aromatic rings. The Labute approximate surface area is 632 Å². The van der Waals surface area contributed by atoms with E-state index in [0.29, 0.717) is 25.7 Å². The van der Waals surface area contributed by atoms with Crippen molar-refractivity contribution in [3.8, 4) is 0 Å². The van der Waals surface area contributed by atoms with Crippen LogP contribution in [0.2, 0.25) is 0 Å². The lowest BCUT2D eigenvalue weighted by Crippen LogP contribution is -2.30. The third-order valence-electron chi connectivity index (χ3n) is 20.0. The molecule has 0 aliphatic heterocycles. The molecule has 0 radical (unpaired) electrons. The molecule has 0 saturated heterocycles. The third-order valence-corrected chi connectivity index (χ3v) is 21.9. The molecular formula is C84H164O17P2. The van der Waals surface area contributed by atoms with Gasteiger partial charge in [-0.3, -0.25) is 37.3 Å². The van der Waals surface area contributed by atoms with Crippen LogP contribution in [0.5, 0.6) is 0 Å². The largest absolute Gasteiger partial charge is 0.472 e. The Kier molecular flexibility index (Phi) is 72.8. The van der Waals surface area contributed by atoms with Gasteiger partial charge in [-0.15, -0.1) is 0 Å². The van der Waals surface area contributed by atoms with Crippen molar-refractivity contribution >= 4 is 39.5 Å². The summed E-state index contributed by atoms with van der Waals surface area (Å²) in [6.07, 6.45) is 63.8. The fourth-order valence-electron chi connectivity index (χ4n) is 13.0. The van der Waals surface area contributed by atoms with Crippen molar-refractivity contribution < 1.29 is 80.2 Å². The summed E-state index contributed by atoms with van der Waals surface area (Å²) in [5, 5.41) is 10.7. The lowest BCUT2D eigenvalue weighted by molar-refractivity contribution is -0.161. The molecule has 6 atom stereocenters. The summed E-state index contributed by atoms with van der Waals surface area (Å²) in [6, 6.07) is 0. The average molecular weight is 1510 g/mol. The predicted octanol–water partition coefficient (Wildman–Crippen LogP) is 25.3. The summed E-state index contributed by atoms with van der Waals surface area (Å²) < 4.78 is 68.8. The third kappa shape index (κ3) is 76.6. The molecule has 0 bridgehead atoms. The van der Waals surface area contributed by atoms with E-state index in [2.05, 4.69) is 48.5 Å². The Balaban J connectivity index is 5.23. The normalized spacial score (nSPS) is 14.2. The first-order valence-electron chi connectivity index (χ1n) is 43.4. The second-order valence-electron chi connectivity index (χ2n) is 31.4. The number of hydrogen-bond acceptors (Lipinski definition) is 15. The van der Waals surface area contributed by atoms with Crippen LogP contribution in [0.1, 0.15) is 440 Å². The summed E-state index contributed by atoms with van der Waals surface area (Å²) in [4.78, 5) is 73.1. The molecule has 0 aliphatic carbocycles. The van der Waals surface area contributed by atoms with Crippen molar-refractivity contribution in [2.75, 3.05) is 39.6 Å². The van der Waals surface area contributed by atoms with Crippen molar-refractivity contribution in [2.45, 2.75) is 458 Å². The standard InChI is InChI=1S/C84H164O17P2/c1-8-10-11-12-13-14-15-24-32-37-46-53-60-67-83(88)101-80(72-95-82(87)66-59-52-45-40-39-42-49-56-63-76(5)6)74-99-103(92,93)97-70-78(85)69-96-102(90,91)98-73-79(71-94-81(86)65-58-51-44-36-31-27-23-22-25-29-34-41-48-55-62-75(3)4)100-84(89)68-61-54-47-38-33-28-21-19-17-16-18-20-26-30-35-43-50-57-64-77(7)9-2/h75-80,85H,8-74H2,1-7H3,(H,90,91)(H,92,93)/t77?,78-,79-,80-/m1/s1. The van der Waals surface area contributed by atoms with Crippen LogP contribution in [-0.2, 0) is 65.4 Å². The summed E-state index contributed by atoms with van der Waals surface area (Å²) >= 11 is 0. The maximum absolute atomic E-state index is 13.1. The lowest BCUT2D eigenvalue weighted by Gasteiger charge is -2.21. The molecule has 0 rings (SSSR count). The lowest BCUT2D eigenvalue weighted by atomic mass is 9.99. The van der Waals surface area contributed by atoms with E-state index in [1.54, 1.807) is 0 Å². The number of aliphatic hydroxyl groups is 1. The summed E-state index contributed by atoms with van der Waals surface area (Å²) in [7, 11) is -9.92. The zero-order valence-electron chi connectivity index (χ0n) is 67.8. The Hall–Kier alpha value is -1.94. The topological polar surface area (TPSA) is 237 Å². The number of aliphatic hydroxyl groups excluding tert-OH is 1. The van der Waals surface area contributed by atoms with Crippen LogP contribution in [0.15, 0.2) is 0 Å². The van der Waals surface area contributed by atoms with Crippen molar-refractivity contribution in [3.63, 3.8) is 0 Å².